The first-order valence-corrected chi connectivity index (χ1v) is 6.37. The molecule has 0 spiro atoms. The molecule has 3 rings (SSSR count). The van der Waals surface area contributed by atoms with Crippen molar-refractivity contribution in [3.63, 3.8) is 0 Å². The fourth-order valence-corrected chi connectivity index (χ4v) is 2.23. The minimum absolute atomic E-state index is 0.286. The summed E-state index contributed by atoms with van der Waals surface area (Å²) in [5.41, 5.74) is 1.42. The zero-order chi connectivity index (χ0) is 15.0. The standard InChI is InChI=1S/C14H9ClN4O2/c1-21-12-4-8(2-3-10(12)15)11-5-13(20)19-14(18-11)9(6-16)7-17-19/h2-5,7,17H,1H3. The number of hydrogen-bond donors (Lipinski definition) is 1. The minimum atomic E-state index is -0.301. The van der Waals surface area contributed by atoms with Crippen LogP contribution in [0.15, 0.2) is 35.3 Å². The zero-order valence-corrected chi connectivity index (χ0v) is 11.7. The van der Waals surface area contributed by atoms with Crippen LogP contribution < -0.4 is 10.3 Å². The first kappa shape index (κ1) is 13.2. The molecule has 0 saturated heterocycles. The SMILES string of the molecule is COc1cc(-c2cc(=O)n3[nH]cc(C#N)c3n2)ccc1Cl. The number of benzene rings is 1. The largest absolute Gasteiger partial charge is 0.495 e. The lowest BCUT2D eigenvalue weighted by molar-refractivity contribution is 0.415. The monoisotopic (exact) mass is 300 g/mol. The Balaban J connectivity index is 2.26. The van der Waals surface area contributed by atoms with E-state index in [0.29, 0.717) is 27.6 Å². The number of aromatic amines is 1. The van der Waals surface area contributed by atoms with Gasteiger partial charge in [-0.1, -0.05) is 17.7 Å². The van der Waals surface area contributed by atoms with E-state index in [-0.39, 0.29) is 11.2 Å². The second kappa shape index (κ2) is 4.96. The van der Waals surface area contributed by atoms with E-state index >= 15 is 0 Å². The smallest absolute Gasteiger partial charge is 0.273 e. The molecule has 0 unspecified atom stereocenters. The molecule has 6 nitrogen and oxygen atoms in total. The lowest BCUT2D eigenvalue weighted by Gasteiger charge is -2.06. The van der Waals surface area contributed by atoms with Crippen LogP contribution in [0.1, 0.15) is 5.56 Å². The Bertz CT molecular complexity index is 936. The van der Waals surface area contributed by atoms with E-state index in [1.54, 1.807) is 18.2 Å². The van der Waals surface area contributed by atoms with Gasteiger partial charge in [0.15, 0.2) is 5.65 Å². The van der Waals surface area contributed by atoms with Gasteiger partial charge in [0.05, 0.1) is 17.8 Å². The first-order chi connectivity index (χ1) is 10.1. The van der Waals surface area contributed by atoms with Crippen molar-refractivity contribution in [2.75, 3.05) is 7.11 Å². The third-order valence-electron chi connectivity index (χ3n) is 3.06. The Kier molecular flexibility index (Phi) is 3.12. The molecule has 0 fully saturated rings. The summed E-state index contributed by atoms with van der Waals surface area (Å²) >= 11 is 5.98. The van der Waals surface area contributed by atoms with Crippen LogP contribution in [0.25, 0.3) is 16.9 Å². The summed E-state index contributed by atoms with van der Waals surface area (Å²) in [5.74, 6) is 0.491. The molecule has 2 heterocycles. The van der Waals surface area contributed by atoms with Crippen molar-refractivity contribution in [3.8, 4) is 23.1 Å². The zero-order valence-electron chi connectivity index (χ0n) is 10.9. The molecular formula is C14H9ClN4O2. The molecule has 0 bridgehead atoms. The van der Waals surface area contributed by atoms with E-state index in [1.165, 1.54) is 23.9 Å². The number of H-pyrrole nitrogens is 1. The summed E-state index contributed by atoms with van der Waals surface area (Å²) in [6.45, 7) is 0. The van der Waals surface area contributed by atoms with Crippen molar-refractivity contribution in [2.24, 2.45) is 0 Å². The number of aromatic nitrogens is 3. The van der Waals surface area contributed by atoms with E-state index in [9.17, 15) is 4.79 Å². The fourth-order valence-electron chi connectivity index (χ4n) is 2.03. The summed E-state index contributed by atoms with van der Waals surface area (Å²) in [6.07, 6.45) is 1.44. The van der Waals surface area contributed by atoms with Crippen LogP contribution in [0, 0.1) is 11.3 Å². The van der Waals surface area contributed by atoms with Gasteiger partial charge in [-0.05, 0) is 12.1 Å². The molecule has 7 heteroatoms. The van der Waals surface area contributed by atoms with E-state index in [2.05, 4.69) is 10.1 Å². The van der Waals surface area contributed by atoms with E-state index in [4.69, 9.17) is 21.6 Å². The van der Waals surface area contributed by atoms with Crippen molar-refractivity contribution in [2.45, 2.75) is 0 Å². The number of fused-ring (bicyclic) bond motifs is 1. The molecule has 0 atom stereocenters. The van der Waals surface area contributed by atoms with Crippen LogP contribution in [-0.4, -0.2) is 21.7 Å². The molecule has 2 aromatic heterocycles. The fraction of sp³-hybridized carbons (Fsp3) is 0.0714. The van der Waals surface area contributed by atoms with Crippen molar-refractivity contribution >= 4 is 17.2 Å². The van der Waals surface area contributed by atoms with E-state index in [0.717, 1.165) is 0 Å². The Hall–Kier alpha value is -2.78. The number of nitriles is 1. The molecule has 1 N–H and O–H groups in total. The maximum absolute atomic E-state index is 12.0. The van der Waals surface area contributed by atoms with Crippen molar-refractivity contribution < 1.29 is 4.74 Å². The van der Waals surface area contributed by atoms with Crippen LogP contribution in [0.5, 0.6) is 5.75 Å². The molecule has 0 aliphatic carbocycles. The highest BCUT2D eigenvalue weighted by Gasteiger charge is 2.11. The second-order valence-electron chi connectivity index (χ2n) is 4.29. The summed E-state index contributed by atoms with van der Waals surface area (Å²) in [7, 11) is 1.51. The minimum Gasteiger partial charge on any atom is -0.495 e. The maximum atomic E-state index is 12.0. The van der Waals surface area contributed by atoms with E-state index in [1.807, 2.05) is 6.07 Å². The number of nitrogens with one attached hydrogen (secondary N) is 1. The summed E-state index contributed by atoms with van der Waals surface area (Å²) in [5, 5.41) is 12.2. The number of ether oxygens (including phenoxy) is 1. The van der Waals surface area contributed by atoms with Gasteiger partial charge in [-0.3, -0.25) is 9.89 Å². The molecule has 21 heavy (non-hydrogen) atoms. The predicted octanol–water partition coefficient (Wildman–Crippen LogP) is 2.22. The molecule has 1 aromatic carbocycles. The number of halogens is 1. The molecule has 0 aliphatic rings. The van der Waals surface area contributed by atoms with Gasteiger partial charge in [0.2, 0.25) is 0 Å². The Morgan fingerprint density at radius 1 is 1.43 bits per heavy atom. The highest BCUT2D eigenvalue weighted by molar-refractivity contribution is 6.32. The third-order valence-corrected chi connectivity index (χ3v) is 3.38. The van der Waals surface area contributed by atoms with Crippen LogP contribution >= 0.6 is 11.6 Å². The highest BCUT2D eigenvalue weighted by Crippen LogP contribution is 2.29. The van der Waals surface area contributed by atoms with Crippen LogP contribution in [0.3, 0.4) is 0 Å². The average Bonchev–Trinajstić information content (AvgIpc) is 2.91. The lowest BCUT2D eigenvalue weighted by atomic mass is 10.1. The summed E-state index contributed by atoms with van der Waals surface area (Å²) < 4.78 is 6.37. The molecule has 104 valence electrons. The first-order valence-electron chi connectivity index (χ1n) is 5.99. The quantitative estimate of drug-likeness (QED) is 0.786. The Morgan fingerprint density at radius 2 is 2.24 bits per heavy atom. The van der Waals surface area contributed by atoms with Crippen molar-refractivity contribution in [3.05, 3.63) is 51.4 Å². The predicted molar refractivity (Wildman–Crippen MR) is 77.5 cm³/mol. The second-order valence-corrected chi connectivity index (χ2v) is 4.69. The molecule has 3 aromatic rings. The molecule has 0 aliphatic heterocycles. The third kappa shape index (κ3) is 2.14. The summed E-state index contributed by atoms with van der Waals surface area (Å²) in [4.78, 5) is 16.4. The number of rotatable bonds is 2. The van der Waals surface area contributed by atoms with Gasteiger partial charge in [0.1, 0.15) is 17.4 Å². The summed E-state index contributed by atoms with van der Waals surface area (Å²) in [6, 6.07) is 8.47. The van der Waals surface area contributed by atoms with Crippen LogP contribution in [0.4, 0.5) is 0 Å². The van der Waals surface area contributed by atoms with Gasteiger partial charge in [-0.25, -0.2) is 9.50 Å². The Morgan fingerprint density at radius 3 is 2.95 bits per heavy atom. The van der Waals surface area contributed by atoms with Gasteiger partial charge in [-0.2, -0.15) is 5.26 Å². The van der Waals surface area contributed by atoms with Gasteiger partial charge in [0.25, 0.3) is 5.56 Å². The molecule has 0 amide bonds. The van der Waals surface area contributed by atoms with Crippen molar-refractivity contribution in [1.29, 1.82) is 5.26 Å². The van der Waals surface area contributed by atoms with Crippen LogP contribution in [0.2, 0.25) is 5.02 Å². The van der Waals surface area contributed by atoms with Gasteiger partial charge >= 0.3 is 0 Å². The topological polar surface area (TPSA) is 83.2 Å². The highest BCUT2D eigenvalue weighted by atomic mass is 35.5. The van der Waals surface area contributed by atoms with Crippen LogP contribution in [-0.2, 0) is 0 Å². The van der Waals surface area contributed by atoms with Crippen molar-refractivity contribution in [1.82, 2.24) is 14.6 Å². The van der Waals surface area contributed by atoms with Gasteiger partial charge in [-0.15, -0.1) is 0 Å². The molecular weight excluding hydrogens is 292 g/mol. The maximum Gasteiger partial charge on any atom is 0.273 e. The number of hydrogen-bond acceptors (Lipinski definition) is 4. The molecule has 0 radical (unpaired) electrons. The normalized spacial score (nSPS) is 10.5. The van der Waals surface area contributed by atoms with E-state index < -0.39 is 0 Å². The number of nitrogens with zero attached hydrogens (tertiary/aromatic N) is 3. The van der Waals surface area contributed by atoms with Gasteiger partial charge < -0.3 is 4.74 Å². The Labute approximate surface area is 124 Å². The lowest BCUT2D eigenvalue weighted by Crippen LogP contribution is -2.14. The van der Waals surface area contributed by atoms with Gasteiger partial charge in [0, 0.05) is 17.8 Å². The average molecular weight is 301 g/mol. The molecule has 0 saturated carbocycles. The number of methoxy groups -OCH3 is 1.